The highest BCUT2D eigenvalue weighted by Crippen LogP contribution is 2.12. The van der Waals surface area contributed by atoms with Crippen LogP contribution in [0.3, 0.4) is 0 Å². The van der Waals surface area contributed by atoms with E-state index in [9.17, 15) is 0 Å². The number of hydrogen-bond donors (Lipinski definition) is 1. The van der Waals surface area contributed by atoms with Gasteiger partial charge >= 0.3 is 0 Å². The Labute approximate surface area is 78.3 Å². The Bertz CT molecular complexity index is 339. The van der Waals surface area contributed by atoms with E-state index in [1.807, 2.05) is 43.3 Å². The van der Waals surface area contributed by atoms with Crippen molar-refractivity contribution in [3.8, 4) is 6.07 Å². The molecule has 0 aliphatic heterocycles. The number of nitrogens with zero attached hydrogens (tertiary/aromatic N) is 1. The summed E-state index contributed by atoms with van der Waals surface area (Å²) in [7, 11) is 0. The predicted octanol–water partition coefficient (Wildman–Crippen LogP) is 2.50. The molecule has 0 radical (unpaired) electrons. The molecular weight excluding hydrogens is 160 g/mol. The maximum Gasteiger partial charge on any atom is 0.0663 e. The van der Waals surface area contributed by atoms with E-state index < -0.39 is 0 Å². The molecule has 0 aromatic heterocycles. The zero-order chi connectivity index (χ0) is 9.68. The Morgan fingerprint density at radius 1 is 1.46 bits per heavy atom. The van der Waals surface area contributed by atoms with Gasteiger partial charge in [-0.15, -0.1) is 0 Å². The topological polar surface area (TPSA) is 49.8 Å². The van der Waals surface area contributed by atoms with Crippen LogP contribution in [0.25, 0.3) is 6.08 Å². The first-order valence-corrected chi connectivity index (χ1v) is 4.13. The zero-order valence-electron chi connectivity index (χ0n) is 7.62. The molecular formula is C11H12N2. The molecule has 0 saturated heterocycles. The molecule has 66 valence electrons. The average Bonchev–Trinajstić information content (AvgIpc) is 2.03. The second-order valence-electron chi connectivity index (χ2n) is 2.94. The maximum absolute atomic E-state index is 8.33. The first kappa shape index (κ1) is 9.34. The Kier molecular flexibility index (Phi) is 3.10. The SMILES string of the molecule is Cc1cc(N)cc(C=CCC#N)c1. The smallest absolute Gasteiger partial charge is 0.0663 e. The molecule has 1 aromatic rings. The van der Waals surface area contributed by atoms with Crippen LogP contribution in [0.1, 0.15) is 17.5 Å². The van der Waals surface area contributed by atoms with Gasteiger partial charge in [-0.2, -0.15) is 5.26 Å². The molecule has 0 aliphatic carbocycles. The highest BCUT2D eigenvalue weighted by molar-refractivity contribution is 5.57. The highest BCUT2D eigenvalue weighted by Gasteiger charge is 1.91. The van der Waals surface area contributed by atoms with Gasteiger partial charge in [0.05, 0.1) is 12.5 Å². The summed E-state index contributed by atoms with van der Waals surface area (Å²) in [6, 6.07) is 7.89. The van der Waals surface area contributed by atoms with Crippen molar-refractivity contribution < 1.29 is 0 Å². The van der Waals surface area contributed by atoms with Crippen LogP contribution in [0.5, 0.6) is 0 Å². The van der Waals surface area contributed by atoms with Gasteiger partial charge in [0, 0.05) is 5.69 Å². The standard InChI is InChI=1S/C11H12N2/c1-9-6-10(4-2-3-5-12)8-11(13)7-9/h2,4,6-8H,3,13H2,1H3. The Balaban J connectivity index is 2.84. The molecule has 2 heteroatoms. The first-order valence-electron chi connectivity index (χ1n) is 4.13. The summed E-state index contributed by atoms with van der Waals surface area (Å²) in [5, 5.41) is 8.33. The van der Waals surface area contributed by atoms with Crippen molar-refractivity contribution in [3.63, 3.8) is 0 Å². The van der Waals surface area contributed by atoms with E-state index in [4.69, 9.17) is 11.0 Å². The number of aryl methyl sites for hydroxylation is 1. The summed E-state index contributed by atoms with van der Waals surface area (Å²) in [6.45, 7) is 2.00. The van der Waals surface area contributed by atoms with Crippen LogP contribution in [0.4, 0.5) is 5.69 Å². The summed E-state index contributed by atoms with van der Waals surface area (Å²) in [4.78, 5) is 0. The minimum Gasteiger partial charge on any atom is -0.399 e. The Morgan fingerprint density at radius 2 is 2.23 bits per heavy atom. The van der Waals surface area contributed by atoms with Gasteiger partial charge in [-0.3, -0.25) is 0 Å². The average molecular weight is 172 g/mol. The van der Waals surface area contributed by atoms with E-state index in [0.29, 0.717) is 6.42 Å². The molecule has 1 aromatic carbocycles. The van der Waals surface area contributed by atoms with Gasteiger partial charge in [0.15, 0.2) is 0 Å². The lowest BCUT2D eigenvalue weighted by molar-refractivity contribution is 1.36. The molecule has 13 heavy (non-hydrogen) atoms. The van der Waals surface area contributed by atoms with Crippen LogP contribution >= 0.6 is 0 Å². The third kappa shape index (κ3) is 3.00. The van der Waals surface area contributed by atoms with Crippen LogP contribution in [-0.2, 0) is 0 Å². The van der Waals surface area contributed by atoms with E-state index in [2.05, 4.69) is 0 Å². The van der Waals surface area contributed by atoms with E-state index in [1.165, 1.54) is 0 Å². The minimum atomic E-state index is 0.438. The first-order chi connectivity index (χ1) is 6.22. The van der Waals surface area contributed by atoms with Crippen molar-refractivity contribution >= 4 is 11.8 Å². The lowest BCUT2D eigenvalue weighted by Gasteiger charge is -1.98. The maximum atomic E-state index is 8.33. The van der Waals surface area contributed by atoms with Crippen molar-refractivity contribution in [3.05, 3.63) is 35.4 Å². The number of rotatable bonds is 2. The van der Waals surface area contributed by atoms with Crippen molar-refractivity contribution in [1.29, 1.82) is 5.26 Å². The van der Waals surface area contributed by atoms with Crippen LogP contribution in [0.2, 0.25) is 0 Å². The Morgan fingerprint density at radius 3 is 2.85 bits per heavy atom. The molecule has 0 fully saturated rings. The van der Waals surface area contributed by atoms with Gasteiger partial charge in [0.25, 0.3) is 0 Å². The molecule has 0 heterocycles. The zero-order valence-corrected chi connectivity index (χ0v) is 7.62. The third-order valence-corrected chi connectivity index (χ3v) is 1.64. The summed E-state index contributed by atoms with van der Waals surface area (Å²) in [5.74, 6) is 0. The fourth-order valence-corrected chi connectivity index (χ4v) is 1.19. The quantitative estimate of drug-likeness (QED) is 0.697. The summed E-state index contributed by atoms with van der Waals surface area (Å²) < 4.78 is 0. The number of allylic oxidation sites excluding steroid dienone is 1. The van der Waals surface area contributed by atoms with Gasteiger partial charge < -0.3 is 5.73 Å². The molecule has 0 unspecified atom stereocenters. The van der Waals surface area contributed by atoms with Crippen LogP contribution in [-0.4, -0.2) is 0 Å². The van der Waals surface area contributed by atoms with E-state index in [0.717, 1.165) is 16.8 Å². The monoisotopic (exact) mass is 172 g/mol. The molecule has 0 aliphatic rings. The van der Waals surface area contributed by atoms with Crippen molar-refractivity contribution in [1.82, 2.24) is 0 Å². The molecule has 0 atom stereocenters. The number of hydrogen-bond acceptors (Lipinski definition) is 2. The van der Waals surface area contributed by atoms with Gasteiger partial charge in [-0.1, -0.05) is 18.2 Å². The second kappa shape index (κ2) is 4.32. The van der Waals surface area contributed by atoms with Crippen molar-refractivity contribution in [2.75, 3.05) is 5.73 Å². The molecule has 0 saturated carbocycles. The number of nitrogen functional groups attached to an aromatic ring is 1. The van der Waals surface area contributed by atoms with E-state index in [-0.39, 0.29) is 0 Å². The fourth-order valence-electron chi connectivity index (χ4n) is 1.19. The molecule has 0 amide bonds. The number of benzene rings is 1. The molecule has 2 nitrogen and oxygen atoms in total. The second-order valence-corrected chi connectivity index (χ2v) is 2.94. The largest absolute Gasteiger partial charge is 0.399 e. The lowest BCUT2D eigenvalue weighted by Crippen LogP contribution is -1.86. The number of nitriles is 1. The minimum absolute atomic E-state index is 0.438. The molecule has 2 N–H and O–H groups in total. The predicted molar refractivity (Wildman–Crippen MR) is 54.9 cm³/mol. The van der Waals surface area contributed by atoms with Gasteiger partial charge in [0.2, 0.25) is 0 Å². The van der Waals surface area contributed by atoms with E-state index in [1.54, 1.807) is 0 Å². The van der Waals surface area contributed by atoms with Gasteiger partial charge in [-0.25, -0.2) is 0 Å². The normalized spacial score (nSPS) is 10.2. The third-order valence-electron chi connectivity index (χ3n) is 1.64. The van der Waals surface area contributed by atoms with E-state index >= 15 is 0 Å². The van der Waals surface area contributed by atoms with Crippen molar-refractivity contribution in [2.45, 2.75) is 13.3 Å². The summed E-state index contributed by atoms with van der Waals surface area (Å²) >= 11 is 0. The fraction of sp³-hybridized carbons (Fsp3) is 0.182. The number of nitrogens with two attached hydrogens (primary N) is 1. The summed E-state index contributed by atoms with van der Waals surface area (Å²) in [5.41, 5.74) is 8.61. The highest BCUT2D eigenvalue weighted by atomic mass is 14.5. The van der Waals surface area contributed by atoms with Gasteiger partial charge in [0.1, 0.15) is 0 Å². The molecule has 1 rings (SSSR count). The van der Waals surface area contributed by atoms with Gasteiger partial charge in [-0.05, 0) is 30.2 Å². The molecule has 0 bridgehead atoms. The van der Waals surface area contributed by atoms with Crippen LogP contribution in [0.15, 0.2) is 24.3 Å². The van der Waals surface area contributed by atoms with Crippen molar-refractivity contribution in [2.24, 2.45) is 0 Å². The summed E-state index contributed by atoms with van der Waals surface area (Å²) in [6.07, 6.45) is 4.18. The lowest BCUT2D eigenvalue weighted by atomic mass is 10.1. The number of anilines is 1. The van der Waals surface area contributed by atoms with Crippen LogP contribution in [0, 0.1) is 18.3 Å². The Hall–Kier alpha value is -1.75. The van der Waals surface area contributed by atoms with Crippen LogP contribution < -0.4 is 5.73 Å². The molecule has 0 spiro atoms.